The minimum Gasteiger partial charge on any atom is -0.384 e. The molecule has 1 aromatic carbocycles. The molecule has 0 saturated carbocycles. The third-order valence-corrected chi connectivity index (χ3v) is 3.54. The Balaban J connectivity index is 1.75. The number of anilines is 1. The average molecular weight is 270 g/mol. The van der Waals surface area contributed by atoms with E-state index in [9.17, 15) is 5.11 Å². The van der Waals surface area contributed by atoms with E-state index in [1.807, 2.05) is 42.5 Å². The molecule has 104 valence electrons. The van der Waals surface area contributed by atoms with Crippen LogP contribution in [-0.4, -0.2) is 36.4 Å². The number of nitrogens with zero attached hydrogens (tertiary/aromatic N) is 2. The van der Waals surface area contributed by atoms with Gasteiger partial charge in [0.05, 0.1) is 13.2 Å². The molecule has 1 aromatic heterocycles. The maximum atomic E-state index is 10.3. The van der Waals surface area contributed by atoms with Crippen LogP contribution in [0.15, 0.2) is 48.7 Å². The first-order valence-corrected chi connectivity index (χ1v) is 6.86. The van der Waals surface area contributed by atoms with Crippen LogP contribution in [0.3, 0.4) is 0 Å². The first-order chi connectivity index (χ1) is 9.84. The summed E-state index contributed by atoms with van der Waals surface area (Å²) in [6, 6.07) is 13.5. The molecule has 1 unspecified atom stereocenters. The fourth-order valence-corrected chi connectivity index (χ4v) is 2.37. The molecule has 3 rings (SSSR count). The molecule has 0 spiro atoms. The monoisotopic (exact) mass is 270 g/mol. The minimum absolute atomic E-state index is 0.623. The van der Waals surface area contributed by atoms with Crippen LogP contribution in [0.4, 0.5) is 5.82 Å². The normalized spacial score (nSPS) is 16.9. The van der Waals surface area contributed by atoms with Crippen LogP contribution in [0.1, 0.15) is 17.2 Å². The van der Waals surface area contributed by atoms with E-state index in [0.29, 0.717) is 0 Å². The first kappa shape index (κ1) is 13.1. The number of hydrogen-bond acceptors (Lipinski definition) is 4. The average Bonchev–Trinajstić information content (AvgIpc) is 2.56. The van der Waals surface area contributed by atoms with Gasteiger partial charge in [-0.15, -0.1) is 0 Å². The minimum atomic E-state index is -0.623. The Morgan fingerprint density at radius 1 is 1.00 bits per heavy atom. The molecule has 2 aromatic rings. The molecule has 1 fully saturated rings. The Bertz CT molecular complexity index is 536. The molecule has 1 aliphatic heterocycles. The Labute approximate surface area is 118 Å². The van der Waals surface area contributed by atoms with Crippen LogP contribution >= 0.6 is 0 Å². The molecule has 1 saturated heterocycles. The maximum absolute atomic E-state index is 10.3. The zero-order valence-electron chi connectivity index (χ0n) is 11.3. The third kappa shape index (κ3) is 2.81. The smallest absolute Gasteiger partial charge is 0.128 e. The summed E-state index contributed by atoms with van der Waals surface area (Å²) >= 11 is 0. The molecule has 0 bridgehead atoms. The second kappa shape index (κ2) is 6.03. The Hall–Kier alpha value is -1.91. The zero-order valence-corrected chi connectivity index (χ0v) is 11.3. The van der Waals surface area contributed by atoms with Crippen LogP contribution in [0.5, 0.6) is 0 Å². The van der Waals surface area contributed by atoms with Gasteiger partial charge in [-0.1, -0.05) is 36.4 Å². The lowest BCUT2D eigenvalue weighted by Gasteiger charge is -2.27. The van der Waals surface area contributed by atoms with Crippen molar-refractivity contribution < 1.29 is 9.84 Å². The predicted molar refractivity (Wildman–Crippen MR) is 77.8 cm³/mol. The molecule has 0 aliphatic carbocycles. The van der Waals surface area contributed by atoms with Gasteiger partial charge in [-0.25, -0.2) is 4.98 Å². The lowest BCUT2D eigenvalue weighted by Crippen LogP contribution is -2.36. The molecule has 1 atom stereocenters. The number of benzene rings is 1. The van der Waals surface area contributed by atoms with Gasteiger partial charge < -0.3 is 14.7 Å². The van der Waals surface area contributed by atoms with Crippen molar-refractivity contribution in [1.29, 1.82) is 0 Å². The van der Waals surface area contributed by atoms with E-state index < -0.39 is 6.10 Å². The lowest BCUT2D eigenvalue weighted by atomic mass is 10.0. The number of aliphatic hydroxyl groups excluding tert-OH is 1. The highest BCUT2D eigenvalue weighted by molar-refractivity contribution is 5.41. The maximum Gasteiger partial charge on any atom is 0.128 e. The second-order valence-electron chi connectivity index (χ2n) is 4.86. The van der Waals surface area contributed by atoms with Crippen LogP contribution in [0.25, 0.3) is 0 Å². The Kier molecular flexibility index (Phi) is 3.95. The van der Waals surface area contributed by atoms with Gasteiger partial charge in [0.1, 0.15) is 11.9 Å². The molecule has 0 amide bonds. The topological polar surface area (TPSA) is 45.6 Å². The van der Waals surface area contributed by atoms with Crippen molar-refractivity contribution in [2.24, 2.45) is 0 Å². The quantitative estimate of drug-likeness (QED) is 0.926. The summed E-state index contributed by atoms with van der Waals surface area (Å²) in [4.78, 5) is 6.66. The summed E-state index contributed by atoms with van der Waals surface area (Å²) in [6.07, 6.45) is 1.13. The van der Waals surface area contributed by atoms with E-state index in [4.69, 9.17) is 4.74 Å². The van der Waals surface area contributed by atoms with E-state index in [0.717, 1.165) is 43.2 Å². The van der Waals surface area contributed by atoms with Gasteiger partial charge in [0.15, 0.2) is 0 Å². The summed E-state index contributed by atoms with van der Waals surface area (Å²) in [5.74, 6) is 0.942. The zero-order chi connectivity index (χ0) is 13.8. The van der Waals surface area contributed by atoms with Crippen molar-refractivity contribution in [2.45, 2.75) is 6.10 Å². The molecule has 4 nitrogen and oxygen atoms in total. The van der Waals surface area contributed by atoms with Crippen molar-refractivity contribution in [3.05, 3.63) is 59.8 Å². The molecule has 0 radical (unpaired) electrons. The van der Waals surface area contributed by atoms with E-state index in [1.165, 1.54) is 0 Å². The third-order valence-electron chi connectivity index (χ3n) is 3.54. The molecule has 2 heterocycles. The molecular weight excluding hydrogens is 252 g/mol. The largest absolute Gasteiger partial charge is 0.384 e. The van der Waals surface area contributed by atoms with Crippen molar-refractivity contribution in [3.8, 4) is 0 Å². The van der Waals surface area contributed by atoms with Crippen LogP contribution in [0, 0.1) is 0 Å². The highest BCUT2D eigenvalue weighted by Gasteiger charge is 2.14. The Morgan fingerprint density at radius 3 is 2.40 bits per heavy atom. The summed E-state index contributed by atoms with van der Waals surface area (Å²) in [6.45, 7) is 3.23. The van der Waals surface area contributed by atoms with Crippen molar-refractivity contribution >= 4 is 5.82 Å². The standard InChI is InChI=1S/C16H18N2O2/c19-16(13-4-2-1-3-5-13)14-6-7-15(17-12-14)18-8-10-20-11-9-18/h1-7,12,16,19H,8-11H2. The number of ether oxygens (including phenoxy) is 1. The number of rotatable bonds is 3. The SMILES string of the molecule is OC(c1ccccc1)c1ccc(N2CCOCC2)nc1. The summed E-state index contributed by atoms with van der Waals surface area (Å²) in [5.41, 5.74) is 1.70. The van der Waals surface area contributed by atoms with Gasteiger partial charge in [-0.3, -0.25) is 0 Å². The number of aromatic nitrogens is 1. The summed E-state index contributed by atoms with van der Waals surface area (Å²) in [7, 11) is 0. The van der Waals surface area contributed by atoms with Gasteiger partial charge in [0.25, 0.3) is 0 Å². The van der Waals surface area contributed by atoms with Crippen LogP contribution < -0.4 is 4.90 Å². The molecule has 1 aliphatic rings. The number of hydrogen-bond donors (Lipinski definition) is 1. The Morgan fingerprint density at radius 2 is 1.75 bits per heavy atom. The molecule has 1 N–H and O–H groups in total. The van der Waals surface area contributed by atoms with E-state index in [-0.39, 0.29) is 0 Å². The number of aliphatic hydroxyl groups is 1. The molecule has 4 heteroatoms. The van der Waals surface area contributed by atoms with Gasteiger partial charge in [-0.05, 0) is 11.6 Å². The van der Waals surface area contributed by atoms with E-state index in [1.54, 1.807) is 6.20 Å². The summed E-state index contributed by atoms with van der Waals surface area (Å²) in [5, 5.41) is 10.3. The fourth-order valence-electron chi connectivity index (χ4n) is 2.37. The fraction of sp³-hybridized carbons (Fsp3) is 0.312. The van der Waals surface area contributed by atoms with E-state index >= 15 is 0 Å². The van der Waals surface area contributed by atoms with Gasteiger partial charge in [-0.2, -0.15) is 0 Å². The second-order valence-corrected chi connectivity index (χ2v) is 4.86. The van der Waals surface area contributed by atoms with Gasteiger partial charge in [0.2, 0.25) is 0 Å². The van der Waals surface area contributed by atoms with Gasteiger partial charge in [0, 0.05) is 24.8 Å². The first-order valence-electron chi connectivity index (χ1n) is 6.86. The van der Waals surface area contributed by atoms with Crippen LogP contribution in [-0.2, 0) is 4.74 Å². The molecular formula is C16H18N2O2. The highest BCUT2D eigenvalue weighted by atomic mass is 16.5. The van der Waals surface area contributed by atoms with Crippen molar-refractivity contribution in [1.82, 2.24) is 4.98 Å². The number of morpholine rings is 1. The van der Waals surface area contributed by atoms with Crippen LogP contribution in [0.2, 0.25) is 0 Å². The lowest BCUT2D eigenvalue weighted by molar-refractivity contribution is 0.122. The number of pyridine rings is 1. The molecule has 20 heavy (non-hydrogen) atoms. The summed E-state index contributed by atoms with van der Waals surface area (Å²) < 4.78 is 5.33. The van der Waals surface area contributed by atoms with Crippen molar-refractivity contribution in [3.63, 3.8) is 0 Å². The van der Waals surface area contributed by atoms with E-state index in [2.05, 4.69) is 9.88 Å². The van der Waals surface area contributed by atoms with Gasteiger partial charge >= 0.3 is 0 Å². The van der Waals surface area contributed by atoms with Crippen molar-refractivity contribution in [2.75, 3.05) is 31.2 Å². The highest BCUT2D eigenvalue weighted by Crippen LogP contribution is 2.22. The predicted octanol–water partition coefficient (Wildman–Crippen LogP) is 2.00.